The molecule has 0 aliphatic rings. The molecular formula is C19H13ClF3N7O2S. The van der Waals surface area contributed by atoms with E-state index in [1.165, 1.54) is 12.5 Å². The fraction of sp³-hybridized carbons (Fsp3) is 0.158. The van der Waals surface area contributed by atoms with Crippen LogP contribution in [0.4, 0.5) is 19.0 Å². The number of nitrogens with one attached hydrogen (secondary N) is 3. The van der Waals surface area contributed by atoms with E-state index < -0.39 is 34.6 Å². The van der Waals surface area contributed by atoms with Gasteiger partial charge in [0, 0.05) is 12.4 Å². The van der Waals surface area contributed by atoms with Crippen LogP contribution in [-0.4, -0.2) is 36.7 Å². The van der Waals surface area contributed by atoms with Crippen molar-refractivity contribution in [2.45, 2.75) is 19.1 Å². The van der Waals surface area contributed by atoms with Gasteiger partial charge in [0.05, 0.1) is 28.2 Å². The Morgan fingerprint density at radius 1 is 1.15 bits per heavy atom. The van der Waals surface area contributed by atoms with E-state index in [-0.39, 0.29) is 16.4 Å². The minimum Gasteiger partial charge on any atom is -0.346 e. The number of halogens is 4. The van der Waals surface area contributed by atoms with Crippen molar-refractivity contribution in [2.75, 3.05) is 5.32 Å². The first-order valence-electron chi connectivity index (χ1n) is 9.22. The molecule has 4 aromatic rings. The van der Waals surface area contributed by atoms with Gasteiger partial charge in [0.15, 0.2) is 0 Å². The minimum atomic E-state index is -4.69. The second-order valence-electron chi connectivity index (χ2n) is 6.72. The van der Waals surface area contributed by atoms with Crippen LogP contribution in [0, 0.1) is 0 Å². The number of hydrogen-bond donors (Lipinski definition) is 3. The zero-order valence-corrected chi connectivity index (χ0v) is 18.1. The first-order chi connectivity index (χ1) is 15.6. The standard InChI is InChI=1S/C19H13ClF3N7O2S/c1-8(29-17(32)14-9-2-3-24-15(9)28-7-27-14)18-26-6-12(33-18)16(31)30-13-4-10(19(21,22)23)11(20)5-25-13/h2-8H,1H3,(H,29,32)(H,24,27,28)(H,25,30,31)/t8-/m1/s1. The van der Waals surface area contributed by atoms with Crippen LogP contribution in [0.1, 0.15) is 43.7 Å². The number of thiazole rings is 1. The SMILES string of the molecule is C[C@@H](NC(=O)c1ncnc2[nH]ccc12)c1ncc(C(=O)Nc2cc(C(F)(F)F)c(Cl)cn2)s1. The second kappa shape index (κ2) is 8.75. The summed E-state index contributed by atoms with van der Waals surface area (Å²) < 4.78 is 39.0. The summed E-state index contributed by atoms with van der Waals surface area (Å²) >= 11 is 6.51. The van der Waals surface area contributed by atoms with E-state index in [0.29, 0.717) is 22.1 Å². The maximum atomic E-state index is 13.0. The van der Waals surface area contributed by atoms with Crippen molar-refractivity contribution in [1.82, 2.24) is 30.2 Å². The lowest BCUT2D eigenvalue weighted by Crippen LogP contribution is -2.27. The number of carbonyl (C=O) groups excluding carboxylic acids is 2. The molecule has 0 fully saturated rings. The largest absolute Gasteiger partial charge is 0.418 e. The van der Waals surface area contributed by atoms with Crippen LogP contribution in [0.2, 0.25) is 5.02 Å². The molecule has 4 rings (SSSR count). The fourth-order valence-electron chi connectivity index (χ4n) is 2.88. The van der Waals surface area contributed by atoms with Gasteiger partial charge in [0.1, 0.15) is 33.4 Å². The van der Waals surface area contributed by atoms with Gasteiger partial charge in [-0.25, -0.2) is 19.9 Å². The summed E-state index contributed by atoms with van der Waals surface area (Å²) in [7, 11) is 0. The van der Waals surface area contributed by atoms with Crippen molar-refractivity contribution < 1.29 is 22.8 Å². The molecule has 1 atom stereocenters. The molecule has 33 heavy (non-hydrogen) atoms. The van der Waals surface area contributed by atoms with Crippen molar-refractivity contribution in [2.24, 2.45) is 0 Å². The normalized spacial score (nSPS) is 12.5. The van der Waals surface area contributed by atoms with Crippen LogP contribution >= 0.6 is 22.9 Å². The Morgan fingerprint density at radius 2 is 1.94 bits per heavy atom. The average molecular weight is 496 g/mol. The number of amides is 2. The van der Waals surface area contributed by atoms with Crippen LogP contribution in [0.5, 0.6) is 0 Å². The summed E-state index contributed by atoms with van der Waals surface area (Å²) in [5, 5.41) is 5.42. The minimum absolute atomic E-state index is 0.117. The molecule has 14 heteroatoms. The number of fused-ring (bicyclic) bond motifs is 1. The number of rotatable bonds is 5. The van der Waals surface area contributed by atoms with Crippen molar-refractivity contribution >= 4 is 51.6 Å². The molecule has 0 aliphatic carbocycles. The molecule has 2 amide bonds. The number of hydrogen-bond acceptors (Lipinski definition) is 7. The summed E-state index contributed by atoms with van der Waals surface area (Å²) in [4.78, 5) is 44.0. The first kappa shape index (κ1) is 22.6. The lowest BCUT2D eigenvalue weighted by atomic mass is 10.2. The molecule has 170 valence electrons. The maximum absolute atomic E-state index is 13.0. The van der Waals surface area contributed by atoms with Crippen LogP contribution in [-0.2, 0) is 6.18 Å². The topological polar surface area (TPSA) is 126 Å². The van der Waals surface area contributed by atoms with E-state index in [2.05, 4.69) is 35.6 Å². The van der Waals surface area contributed by atoms with Crippen molar-refractivity contribution in [3.05, 3.63) is 63.2 Å². The predicted octanol–water partition coefficient (Wildman–Crippen LogP) is 4.22. The number of carbonyl (C=O) groups is 2. The van der Waals surface area contributed by atoms with Crippen LogP contribution < -0.4 is 10.6 Å². The molecule has 3 N–H and O–H groups in total. The molecule has 0 saturated heterocycles. The van der Waals surface area contributed by atoms with Crippen LogP contribution in [0.3, 0.4) is 0 Å². The molecule has 0 unspecified atom stereocenters. The Hall–Kier alpha value is -3.58. The van der Waals surface area contributed by atoms with Crippen molar-refractivity contribution in [3.8, 4) is 0 Å². The summed E-state index contributed by atoms with van der Waals surface area (Å²) in [6.07, 6.45) is 0.274. The number of H-pyrrole nitrogens is 1. The van der Waals surface area contributed by atoms with Gasteiger partial charge >= 0.3 is 6.18 Å². The van der Waals surface area contributed by atoms with Gasteiger partial charge in [-0.1, -0.05) is 11.6 Å². The number of alkyl halides is 3. The molecule has 4 heterocycles. The number of aromatic amines is 1. The molecule has 0 spiro atoms. The Bertz CT molecular complexity index is 1350. The molecule has 4 aromatic heterocycles. The third-order valence-electron chi connectivity index (χ3n) is 4.44. The molecular weight excluding hydrogens is 483 g/mol. The van der Waals surface area contributed by atoms with Gasteiger partial charge in [-0.3, -0.25) is 9.59 Å². The van der Waals surface area contributed by atoms with Gasteiger partial charge in [0.2, 0.25) is 0 Å². The first-order valence-corrected chi connectivity index (χ1v) is 10.4. The number of pyridine rings is 1. The van der Waals surface area contributed by atoms with Gasteiger partial charge in [-0.05, 0) is 19.1 Å². The van der Waals surface area contributed by atoms with Gasteiger partial charge < -0.3 is 15.6 Å². The third kappa shape index (κ3) is 4.78. The molecule has 0 radical (unpaired) electrons. The zero-order valence-electron chi connectivity index (χ0n) is 16.6. The maximum Gasteiger partial charge on any atom is 0.418 e. The third-order valence-corrected chi connectivity index (χ3v) is 5.92. The predicted molar refractivity (Wildman–Crippen MR) is 114 cm³/mol. The van der Waals surface area contributed by atoms with E-state index in [9.17, 15) is 22.8 Å². The van der Waals surface area contributed by atoms with Gasteiger partial charge in [-0.2, -0.15) is 13.2 Å². The summed E-state index contributed by atoms with van der Waals surface area (Å²) in [5.41, 5.74) is -0.422. The Kier molecular flexibility index (Phi) is 5.99. The van der Waals surface area contributed by atoms with E-state index in [4.69, 9.17) is 11.6 Å². The lowest BCUT2D eigenvalue weighted by molar-refractivity contribution is -0.137. The zero-order chi connectivity index (χ0) is 23.8. The van der Waals surface area contributed by atoms with Crippen molar-refractivity contribution in [1.29, 1.82) is 0 Å². The lowest BCUT2D eigenvalue weighted by Gasteiger charge is -2.11. The Balaban J connectivity index is 1.46. The molecule has 0 aliphatic heterocycles. The van der Waals surface area contributed by atoms with E-state index in [0.717, 1.165) is 17.5 Å². The fourth-order valence-corrected chi connectivity index (χ4v) is 3.90. The highest BCUT2D eigenvalue weighted by Crippen LogP contribution is 2.35. The second-order valence-corrected chi connectivity index (χ2v) is 8.19. The van der Waals surface area contributed by atoms with E-state index in [1.54, 1.807) is 19.2 Å². The monoisotopic (exact) mass is 495 g/mol. The summed E-state index contributed by atoms with van der Waals surface area (Å²) in [5.74, 6) is -1.47. The van der Waals surface area contributed by atoms with Crippen LogP contribution in [0.25, 0.3) is 11.0 Å². The summed E-state index contributed by atoms with van der Waals surface area (Å²) in [6.45, 7) is 1.67. The van der Waals surface area contributed by atoms with Gasteiger partial charge in [0.25, 0.3) is 11.8 Å². The van der Waals surface area contributed by atoms with Crippen molar-refractivity contribution in [3.63, 3.8) is 0 Å². The molecule has 0 bridgehead atoms. The molecule has 9 nitrogen and oxygen atoms in total. The van der Waals surface area contributed by atoms with E-state index >= 15 is 0 Å². The highest BCUT2D eigenvalue weighted by Gasteiger charge is 2.34. The quantitative estimate of drug-likeness (QED) is 0.380. The average Bonchev–Trinajstić information content (AvgIpc) is 3.43. The molecule has 0 aromatic carbocycles. The van der Waals surface area contributed by atoms with Crippen LogP contribution in [0.15, 0.2) is 37.1 Å². The number of anilines is 1. The highest BCUT2D eigenvalue weighted by atomic mass is 35.5. The molecule has 0 saturated carbocycles. The highest BCUT2D eigenvalue weighted by molar-refractivity contribution is 7.13. The number of nitrogens with zero attached hydrogens (tertiary/aromatic N) is 4. The van der Waals surface area contributed by atoms with Gasteiger partial charge in [-0.15, -0.1) is 11.3 Å². The Morgan fingerprint density at radius 3 is 2.70 bits per heavy atom. The van der Waals surface area contributed by atoms with E-state index in [1.807, 2.05) is 0 Å². The Labute approximate surface area is 192 Å². The summed E-state index contributed by atoms with van der Waals surface area (Å²) in [6, 6.07) is 1.75. The number of aromatic nitrogens is 5. The smallest absolute Gasteiger partial charge is 0.346 e.